The fourth-order valence-corrected chi connectivity index (χ4v) is 1.82. The van der Waals surface area contributed by atoms with Gasteiger partial charge < -0.3 is 14.6 Å². The third kappa shape index (κ3) is 3.00. The summed E-state index contributed by atoms with van der Waals surface area (Å²) in [6.07, 6.45) is 0. The predicted molar refractivity (Wildman–Crippen MR) is 63.6 cm³/mol. The number of benzene rings is 1. The van der Waals surface area contributed by atoms with Crippen molar-refractivity contribution < 1.29 is 19.4 Å². The van der Waals surface area contributed by atoms with Gasteiger partial charge in [-0.3, -0.25) is 0 Å². The second-order valence-corrected chi connectivity index (χ2v) is 3.95. The average Bonchev–Trinajstić information content (AvgIpc) is 2.26. The zero-order valence-electron chi connectivity index (χ0n) is 8.36. The molecule has 1 aromatic rings. The van der Waals surface area contributed by atoms with Gasteiger partial charge in [-0.1, -0.05) is 0 Å². The lowest BCUT2D eigenvalue weighted by Crippen LogP contribution is -2.11. The normalized spacial score (nSPS) is 9.31. The van der Waals surface area contributed by atoms with Gasteiger partial charge in [0.2, 0.25) is 0 Å². The van der Waals surface area contributed by atoms with Gasteiger partial charge in [-0.15, -0.1) is 0 Å². The van der Waals surface area contributed by atoms with Crippen LogP contribution in [0.4, 0.5) is 0 Å². The van der Waals surface area contributed by atoms with Gasteiger partial charge in [-0.05, 0) is 28.7 Å². The van der Waals surface area contributed by atoms with Crippen LogP contribution in [0.1, 0.15) is 5.56 Å². The van der Waals surface area contributed by atoms with Gasteiger partial charge in [0, 0.05) is 6.07 Å². The van der Waals surface area contributed by atoms with Crippen molar-refractivity contribution in [2.24, 2.45) is 0 Å². The number of carboxylic acids is 1. The minimum atomic E-state index is -1.07. The minimum Gasteiger partial charge on any atom is -0.493 e. The maximum absolute atomic E-state index is 10.4. The number of methoxy groups -OCH3 is 1. The molecule has 0 unspecified atom stereocenters. The SMILES string of the molecule is COc1cc(C#N)cc(I)c1OCC(=O)O. The lowest BCUT2D eigenvalue weighted by molar-refractivity contribution is -0.139. The lowest BCUT2D eigenvalue weighted by atomic mass is 10.2. The van der Waals surface area contributed by atoms with Gasteiger partial charge in [0.1, 0.15) is 0 Å². The maximum atomic E-state index is 10.4. The van der Waals surface area contributed by atoms with E-state index in [0.29, 0.717) is 20.6 Å². The molecular weight excluding hydrogens is 325 g/mol. The van der Waals surface area contributed by atoms with Gasteiger partial charge in [-0.2, -0.15) is 5.26 Å². The molecule has 0 aliphatic heterocycles. The van der Waals surface area contributed by atoms with E-state index in [-0.39, 0.29) is 0 Å². The summed E-state index contributed by atoms with van der Waals surface area (Å²) in [5.41, 5.74) is 0.434. The van der Waals surface area contributed by atoms with Crippen LogP contribution in [0, 0.1) is 14.9 Å². The highest BCUT2D eigenvalue weighted by Crippen LogP contribution is 2.33. The van der Waals surface area contributed by atoms with Crippen molar-refractivity contribution >= 4 is 28.6 Å². The van der Waals surface area contributed by atoms with E-state index in [4.69, 9.17) is 19.8 Å². The van der Waals surface area contributed by atoms with Crippen LogP contribution in [0.5, 0.6) is 11.5 Å². The molecule has 1 N–H and O–H groups in total. The molecule has 5 nitrogen and oxygen atoms in total. The van der Waals surface area contributed by atoms with E-state index in [1.165, 1.54) is 13.2 Å². The van der Waals surface area contributed by atoms with Crippen LogP contribution in [0.2, 0.25) is 0 Å². The molecule has 0 bridgehead atoms. The van der Waals surface area contributed by atoms with Crippen LogP contribution < -0.4 is 9.47 Å². The van der Waals surface area contributed by atoms with Gasteiger partial charge in [-0.25, -0.2) is 4.79 Å². The first-order chi connectivity index (χ1) is 7.58. The number of hydrogen-bond acceptors (Lipinski definition) is 4. The third-order valence-electron chi connectivity index (χ3n) is 1.70. The Bertz CT molecular complexity index is 453. The molecule has 0 aliphatic carbocycles. The van der Waals surface area contributed by atoms with Crippen LogP contribution in [0.25, 0.3) is 0 Å². The highest BCUT2D eigenvalue weighted by Gasteiger charge is 2.12. The highest BCUT2D eigenvalue weighted by atomic mass is 127. The number of aliphatic carboxylic acids is 1. The first-order valence-electron chi connectivity index (χ1n) is 4.20. The van der Waals surface area contributed by atoms with Crippen molar-refractivity contribution in [1.82, 2.24) is 0 Å². The number of carbonyl (C=O) groups is 1. The maximum Gasteiger partial charge on any atom is 0.341 e. The number of halogens is 1. The zero-order valence-corrected chi connectivity index (χ0v) is 10.5. The summed E-state index contributed by atoms with van der Waals surface area (Å²) in [4.78, 5) is 10.4. The van der Waals surface area contributed by atoms with Crippen LogP contribution in [-0.4, -0.2) is 24.8 Å². The van der Waals surface area contributed by atoms with Gasteiger partial charge in [0.25, 0.3) is 0 Å². The molecule has 0 atom stereocenters. The van der Waals surface area contributed by atoms with E-state index in [0.717, 1.165) is 0 Å². The molecule has 0 aliphatic rings. The van der Waals surface area contributed by atoms with Gasteiger partial charge in [0.15, 0.2) is 18.1 Å². The molecule has 0 saturated carbocycles. The Morgan fingerprint density at radius 1 is 1.62 bits per heavy atom. The van der Waals surface area contributed by atoms with E-state index in [9.17, 15) is 4.79 Å². The van der Waals surface area contributed by atoms with E-state index < -0.39 is 12.6 Å². The van der Waals surface area contributed by atoms with Crippen molar-refractivity contribution in [1.29, 1.82) is 5.26 Å². The number of nitriles is 1. The van der Waals surface area contributed by atoms with Gasteiger partial charge >= 0.3 is 5.97 Å². The van der Waals surface area contributed by atoms with E-state index in [1.807, 2.05) is 28.7 Å². The summed E-state index contributed by atoms with van der Waals surface area (Å²) in [6, 6.07) is 5.07. The van der Waals surface area contributed by atoms with Crippen LogP contribution in [-0.2, 0) is 4.79 Å². The Labute approximate surface area is 106 Å². The van der Waals surface area contributed by atoms with Crippen molar-refractivity contribution in [3.63, 3.8) is 0 Å². The number of ether oxygens (including phenoxy) is 2. The van der Waals surface area contributed by atoms with Crippen LogP contribution in [0.3, 0.4) is 0 Å². The molecule has 0 heterocycles. The van der Waals surface area contributed by atoms with Crippen LogP contribution >= 0.6 is 22.6 Å². The molecule has 0 saturated heterocycles. The third-order valence-corrected chi connectivity index (χ3v) is 2.50. The topological polar surface area (TPSA) is 79.5 Å². The summed E-state index contributed by atoms with van der Waals surface area (Å²) < 4.78 is 10.7. The first kappa shape index (κ1) is 12.6. The summed E-state index contributed by atoms with van der Waals surface area (Å²) in [5.74, 6) is -0.378. The molecule has 1 rings (SSSR count). The number of rotatable bonds is 4. The number of nitrogens with zero attached hydrogens (tertiary/aromatic N) is 1. The summed E-state index contributed by atoms with van der Waals surface area (Å²) in [7, 11) is 1.43. The second kappa shape index (κ2) is 5.55. The fourth-order valence-electron chi connectivity index (χ4n) is 1.06. The Morgan fingerprint density at radius 3 is 2.81 bits per heavy atom. The van der Waals surface area contributed by atoms with Crippen molar-refractivity contribution in [3.8, 4) is 17.6 Å². The molecule has 6 heteroatoms. The molecule has 0 aromatic heterocycles. The highest BCUT2D eigenvalue weighted by molar-refractivity contribution is 14.1. The van der Waals surface area contributed by atoms with Crippen molar-refractivity contribution in [3.05, 3.63) is 21.3 Å². The minimum absolute atomic E-state index is 0.338. The Kier molecular flexibility index (Phi) is 4.37. The fraction of sp³-hybridized carbons (Fsp3) is 0.200. The molecule has 0 fully saturated rings. The molecule has 0 amide bonds. The molecule has 1 aromatic carbocycles. The first-order valence-corrected chi connectivity index (χ1v) is 5.28. The average molecular weight is 333 g/mol. The lowest BCUT2D eigenvalue weighted by Gasteiger charge is -2.11. The largest absolute Gasteiger partial charge is 0.493 e. The molecule has 16 heavy (non-hydrogen) atoms. The molecule has 84 valence electrons. The molecule has 0 radical (unpaired) electrons. The summed E-state index contributed by atoms with van der Waals surface area (Å²) in [6.45, 7) is -0.446. The molecular formula is C10H8INO4. The Balaban J connectivity index is 3.07. The van der Waals surface area contributed by atoms with E-state index in [1.54, 1.807) is 6.07 Å². The van der Waals surface area contributed by atoms with Gasteiger partial charge in [0.05, 0.1) is 22.3 Å². The smallest absolute Gasteiger partial charge is 0.341 e. The number of carboxylic acid groups (broad SMARTS) is 1. The summed E-state index contributed by atoms with van der Waals surface area (Å²) in [5, 5.41) is 17.3. The summed E-state index contributed by atoms with van der Waals surface area (Å²) >= 11 is 1.96. The predicted octanol–water partition coefficient (Wildman–Crippen LogP) is 1.63. The molecule has 0 spiro atoms. The monoisotopic (exact) mass is 333 g/mol. The van der Waals surface area contributed by atoms with Crippen molar-refractivity contribution in [2.45, 2.75) is 0 Å². The standard InChI is InChI=1S/C10H8INO4/c1-15-8-3-6(4-12)2-7(11)10(8)16-5-9(13)14/h2-3H,5H2,1H3,(H,13,14). The number of hydrogen-bond donors (Lipinski definition) is 1. The Hall–Kier alpha value is -1.49. The van der Waals surface area contributed by atoms with E-state index in [2.05, 4.69) is 0 Å². The zero-order chi connectivity index (χ0) is 12.1. The second-order valence-electron chi connectivity index (χ2n) is 2.78. The van der Waals surface area contributed by atoms with Crippen LogP contribution in [0.15, 0.2) is 12.1 Å². The van der Waals surface area contributed by atoms with E-state index >= 15 is 0 Å². The Morgan fingerprint density at radius 2 is 2.31 bits per heavy atom. The van der Waals surface area contributed by atoms with Crippen molar-refractivity contribution in [2.75, 3.05) is 13.7 Å². The quantitative estimate of drug-likeness (QED) is 0.848.